The van der Waals surface area contributed by atoms with Gasteiger partial charge in [0.25, 0.3) is 0 Å². The Hall–Kier alpha value is -2.37. The smallest absolute Gasteiger partial charge is 0.325 e. The lowest BCUT2D eigenvalue weighted by atomic mass is 10.2. The van der Waals surface area contributed by atoms with Gasteiger partial charge in [0.05, 0.1) is 19.5 Å². The molecule has 0 amide bonds. The average Bonchev–Trinajstić information content (AvgIpc) is 2.44. The minimum atomic E-state index is -0.332. The molecule has 0 aromatic heterocycles. The second-order valence-corrected chi connectivity index (χ2v) is 4.00. The van der Waals surface area contributed by atoms with Crippen molar-refractivity contribution >= 4 is 5.97 Å². The van der Waals surface area contributed by atoms with Crippen molar-refractivity contribution in [3.05, 3.63) is 36.2 Å². The third-order valence-electron chi connectivity index (χ3n) is 2.50. The van der Waals surface area contributed by atoms with Crippen molar-refractivity contribution in [2.45, 2.75) is 13.5 Å². The summed E-state index contributed by atoms with van der Waals surface area (Å²) in [6.07, 6.45) is 0. The van der Waals surface area contributed by atoms with Crippen molar-refractivity contribution in [3.63, 3.8) is 0 Å². The molecular formula is C14H20N2O4. The first-order valence-electron chi connectivity index (χ1n) is 6.25. The molecule has 0 heterocycles. The highest BCUT2D eigenvalue weighted by molar-refractivity contribution is 5.71. The topological polar surface area (TPSA) is 79.8 Å². The molecule has 0 radical (unpaired) electrons. The number of aromatic hydroxyl groups is 1. The number of phenolic OH excluding ortho intramolecular Hbond substituents is 1. The normalized spacial score (nSPS) is 9.70. The summed E-state index contributed by atoms with van der Waals surface area (Å²) in [5.41, 5.74) is 0.915. The molecule has 0 bridgehead atoms. The van der Waals surface area contributed by atoms with E-state index in [1.165, 1.54) is 7.11 Å². The van der Waals surface area contributed by atoms with Crippen LogP contribution in [0.25, 0.3) is 0 Å². The van der Waals surface area contributed by atoms with Gasteiger partial charge in [-0.3, -0.25) is 4.79 Å². The average molecular weight is 280 g/mol. The van der Waals surface area contributed by atoms with E-state index in [1.54, 1.807) is 25.1 Å². The van der Waals surface area contributed by atoms with Crippen molar-refractivity contribution in [2.24, 2.45) is 0 Å². The third-order valence-corrected chi connectivity index (χ3v) is 2.50. The van der Waals surface area contributed by atoms with E-state index in [0.29, 0.717) is 24.7 Å². The van der Waals surface area contributed by atoms with Crippen LogP contribution in [0.3, 0.4) is 0 Å². The Morgan fingerprint density at radius 2 is 2.15 bits per heavy atom. The molecule has 0 aliphatic carbocycles. The van der Waals surface area contributed by atoms with E-state index in [9.17, 15) is 9.90 Å². The van der Waals surface area contributed by atoms with Gasteiger partial charge in [-0.25, -0.2) is 0 Å². The van der Waals surface area contributed by atoms with Gasteiger partial charge in [-0.2, -0.15) is 0 Å². The van der Waals surface area contributed by atoms with Crippen LogP contribution in [0.2, 0.25) is 0 Å². The van der Waals surface area contributed by atoms with Crippen LogP contribution in [0, 0.1) is 0 Å². The fourth-order valence-electron chi connectivity index (χ4n) is 1.49. The summed E-state index contributed by atoms with van der Waals surface area (Å²) in [5, 5.41) is 15.3. The molecule has 1 aromatic carbocycles. The monoisotopic (exact) mass is 280 g/mol. The van der Waals surface area contributed by atoms with Crippen LogP contribution in [-0.2, 0) is 16.1 Å². The summed E-state index contributed by atoms with van der Waals surface area (Å²) >= 11 is 0. The second-order valence-electron chi connectivity index (χ2n) is 4.00. The van der Waals surface area contributed by atoms with Gasteiger partial charge in [-0.05, 0) is 24.6 Å². The summed E-state index contributed by atoms with van der Waals surface area (Å²) in [7, 11) is 1.49. The van der Waals surface area contributed by atoms with Crippen LogP contribution in [0.1, 0.15) is 12.5 Å². The lowest BCUT2D eigenvalue weighted by molar-refractivity contribution is -0.141. The molecule has 20 heavy (non-hydrogen) atoms. The highest BCUT2D eigenvalue weighted by atomic mass is 16.5. The molecule has 0 unspecified atom stereocenters. The first kappa shape index (κ1) is 15.7. The summed E-state index contributed by atoms with van der Waals surface area (Å²) in [4.78, 5) is 11.1. The molecule has 0 aliphatic rings. The Labute approximate surface area is 118 Å². The Bertz CT molecular complexity index is 474. The largest absolute Gasteiger partial charge is 0.504 e. The molecule has 0 saturated carbocycles. The fourth-order valence-corrected chi connectivity index (χ4v) is 1.49. The summed E-state index contributed by atoms with van der Waals surface area (Å²) in [5.74, 6) is 0.691. The molecular weight excluding hydrogens is 260 g/mol. The maximum absolute atomic E-state index is 11.1. The van der Waals surface area contributed by atoms with Gasteiger partial charge >= 0.3 is 5.97 Å². The summed E-state index contributed by atoms with van der Waals surface area (Å²) in [6.45, 7) is 6.42. The highest BCUT2D eigenvalue weighted by Gasteiger charge is 2.04. The van der Waals surface area contributed by atoms with Gasteiger partial charge in [0.15, 0.2) is 11.5 Å². The standard InChI is InChI=1S/C14H20N2O4/c1-4-20-14(18)9-16-10(2)15-8-11-5-6-12(17)13(7-11)19-3/h5-7,15-17H,2,4,8-9H2,1,3H3. The molecule has 1 rings (SSSR count). The van der Waals surface area contributed by atoms with Crippen LogP contribution in [0.4, 0.5) is 0 Å². The van der Waals surface area contributed by atoms with Crippen molar-refractivity contribution < 1.29 is 19.4 Å². The number of carbonyl (C=O) groups excluding carboxylic acids is 1. The number of hydrogen-bond acceptors (Lipinski definition) is 6. The first-order chi connectivity index (χ1) is 9.56. The Morgan fingerprint density at radius 1 is 1.40 bits per heavy atom. The predicted octanol–water partition coefficient (Wildman–Crippen LogP) is 1.11. The molecule has 3 N–H and O–H groups in total. The first-order valence-corrected chi connectivity index (χ1v) is 6.25. The zero-order valence-corrected chi connectivity index (χ0v) is 11.7. The predicted molar refractivity (Wildman–Crippen MR) is 75.3 cm³/mol. The number of esters is 1. The van der Waals surface area contributed by atoms with Gasteiger partial charge in [0, 0.05) is 6.54 Å². The number of phenols is 1. The lowest BCUT2D eigenvalue weighted by Gasteiger charge is -2.12. The van der Waals surface area contributed by atoms with E-state index in [4.69, 9.17) is 9.47 Å². The number of benzene rings is 1. The Kier molecular flexibility index (Phi) is 6.22. The van der Waals surface area contributed by atoms with E-state index in [2.05, 4.69) is 17.2 Å². The summed E-state index contributed by atoms with van der Waals surface area (Å²) < 4.78 is 9.81. The molecule has 6 heteroatoms. The Balaban J connectivity index is 2.39. The van der Waals surface area contributed by atoms with E-state index in [0.717, 1.165) is 5.56 Å². The lowest BCUT2D eigenvalue weighted by Crippen LogP contribution is -2.30. The van der Waals surface area contributed by atoms with Crippen LogP contribution in [-0.4, -0.2) is 31.3 Å². The molecule has 0 spiro atoms. The minimum absolute atomic E-state index is 0.0680. The van der Waals surface area contributed by atoms with Gasteiger partial charge in [0.1, 0.15) is 6.54 Å². The zero-order valence-electron chi connectivity index (χ0n) is 11.7. The van der Waals surface area contributed by atoms with Crippen molar-refractivity contribution in [1.29, 1.82) is 0 Å². The number of carbonyl (C=O) groups is 1. The maximum Gasteiger partial charge on any atom is 0.325 e. The van der Waals surface area contributed by atoms with E-state index in [-0.39, 0.29) is 18.3 Å². The van der Waals surface area contributed by atoms with Crippen LogP contribution < -0.4 is 15.4 Å². The highest BCUT2D eigenvalue weighted by Crippen LogP contribution is 2.26. The number of nitrogens with one attached hydrogen (secondary N) is 2. The van der Waals surface area contributed by atoms with E-state index < -0.39 is 0 Å². The van der Waals surface area contributed by atoms with Crippen LogP contribution >= 0.6 is 0 Å². The van der Waals surface area contributed by atoms with E-state index >= 15 is 0 Å². The number of ether oxygens (including phenoxy) is 2. The van der Waals surface area contributed by atoms with Crippen molar-refractivity contribution in [3.8, 4) is 11.5 Å². The molecule has 1 aromatic rings. The van der Waals surface area contributed by atoms with Gasteiger partial charge in [-0.15, -0.1) is 0 Å². The summed E-state index contributed by atoms with van der Waals surface area (Å²) in [6, 6.07) is 5.05. The quantitative estimate of drug-likeness (QED) is 0.619. The van der Waals surface area contributed by atoms with Gasteiger partial charge in [0.2, 0.25) is 0 Å². The SMILES string of the molecule is C=C(NCC(=O)OCC)NCc1ccc(O)c(OC)c1. The Morgan fingerprint density at radius 3 is 2.80 bits per heavy atom. The number of methoxy groups -OCH3 is 1. The van der Waals surface area contributed by atoms with Crippen LogP contribution in [0.15, 0.2) is 30.6 Å². The molecule has 0 saturated heterocycles. The van der Waals surface area contributed by atoms with Gasteiger partial charge in [-0.1, -0.05) is 12.6 Å². The fraction of sp³-hybridized carbons (Fsp3) is 0.357. The molecule has 0 atom stereocenters. The van der Waals surface area contributed by atoms with Crippen LogP contribution in [0.5, 0.6) is 11.5 Å². The van der Waals surface area contributed by atoms with Gasteiger partial charge < -0.3 is 25.2 Å². The van der Waals surface area contributed by atoms with E-state index in [1.807, 2.05) is 0 Å². The number of rotatable bonds is 8. The molecule has 0 aliphatic heterocycles. The number of hydrogen-bond donors (Lipinski definition) is 3. The zero-order chi connectivity index (χ0) is 15.0. The second kappa shape index (κ2) is 7.93. The maximum atomic E-state index is 11.1. The molecule has 110 valence electrons. The van der Waals surface area contributed by atoms with Crippen molar-refractivity contribution in [2.75, 3.05) is 20.3 Å². The minimum Gasteiger partial charge on any atom is -0.504 e. The molecule has 0 fully saturated rings. The molecule has 6 nitrogen and oxygen atoms in total. The van der Waals surface area contributed by atoms with Crippen molar-refractivity contribution in [1.82, 2.24) is 10.6 Å². The third kappa shape index (κ3) is 5.09.